The molecule has 234 valence electrons. The molecule has 2 heterocycles. The number of hydrogen-bond donors (Lipinski definition) is 0. The number of pyridine rings is 1. The van der Waals surface area contributed by atoms with Crippen molar-refractivity contribution in [2.24, 2.45) is 0 Å². The van der Waals surface area contributed by atoms with Crippen LogP contribution in [0.1, 0.15) is 17.8 Å². The molecule has 0 bridgehead atoms. The summed E-state index contributed by atoms with van der Waals surface area (Å²) in [4.78, 5) is 10.5. The van der Waals surface area contributed by atoms with Crippen molar-refractivity contribution in [3.63, 3.8) is 0 Å². The van der Waals surface area contributed by atoms with Gasteiger partial charge in [-0.1, -0.05) is 152 Å². The molecule has 10 rings (SSSR count). The number of fused-ring (bicyclic) bond motifs is 7. The van der Waals surface area contributed by atoms with Gasteiger partial charge in [-0.3, -0.25) is 4.57 Å². The second kappa shape index (κ2) is 11.5. The molecule has 0 saturated heterocycles. The maximum absolute atomic E-state index is 5.36. The van der Waals surface area contributed by atoms with Gasteiger partial charge in [0.25, 0.3) is 0 Å². The predicted molar refractivity (Wildman–Crippen MR) is 210 cm³/mol. The number of allylic oxidation sites excluding steroid dienone is 6. The largest absolute Gasteiger partial charge is 0.293 e. The number of hydrogen-bond acceptors (Lipinski definition) is 2. The second-order valence-corrected chi connectivity index (χ2v) is 12.9. The normalized spacial score (nSPS) is 13.3. The van der Waals surface area contributed by atoms with Crippen LogP contribution >= 0.6 is 0 Å². The summed E-state index contributed by atoms with van der Waals surface area (Å²) in [6.07, 6.45) is 9.77. The second-order valence-electron chi connectivity index (χ2n) is 12.9. The first-order chi connectivity index (χ1) is 24.8. The van der Waals surface area contributed by atoms with Crippen LogP contribution in [0, 0.1) is 0 Å². The molecule has 3 heteroatoms. The minimum Gasteiger partial charge on any atom is -0.293 e. The number of nitrogens with zero attached hydrogens (tertiary/aromatic N) is 3. The van der Waals surface area contributed by atoms with E-state index in [1.807, 2.05) is 0 Å². The molecule has 0 radical (unpaired) electrons. The molecule has 1 aliphatic carbocycles. The molecular weight excluding hydrogens is 607 g/mol. The summed E-state index contributed by atoms with van der Waals surface area (Å²) in [5.74, 6) is 0.978. The Bertz CT molecular complexity index is 2780. The number of para-hydroxylation sites is 3. The Morgan fingerprint density at radius 1 is 0.480 bits per heavy atom. The molecule has 2 aromatic heterocycles. The average Bonchev–Trinajstić information content (AvgIpc) is 3.40. The molecule has 0 saturated carbocycles. The minimum atomic E-state index is 0.797. The molecule has 0 N–H and O–H groups in total. The van der Waals surface area contributed by atoms with Crippen molar-refractivity contribution in [2.75, 3.05) is 0 Å². The molecule has 0 fully saturated rings. The molecule has 0 aliphatic heterocycles. The third-order valence-corrected chi connectivity index (χ3v) is 10.0. The van der Waals surface area contributed by atoms with Gasteiger partial charge in [0.15, 0.2) is 0 Å². The van der Waals surface area contributed by atoms with Crippen LogP contribution in [0.4, 0.5) is 0 Å². The lowest BCUT2D eigenvalue weighted by Crippen LogP contribution is -2.00. The summed E-state index contributed by atoms with van der Waals surface area (Å²) in [5, 5.41) is 7.09. The van der Waals surface area contributed by atoms with Gasteiger partial charge < -0.3 is 0 Å². The predicted octanol–water partition coefficient (Wildman–Crippen LogP) is 12.1. The molecule has 0 unspecified atom stereocenters. The highest BCUT2D eigenvalue weighted by Crippen LogP contribution is 2.40. The van der Waals surface area contributed by atoms with Gasteiger partial charge in [-0.2, -0.15) is 0 Å². The lowest BCUT2D eigenvalue weighted by molar-refractivity contribution is 1.04. The highest BCUT2D eigenvalue weighted by molar-refractivity contribution is 6.21. The van der Waals surface area contributed by atoms with E-state index in [9.17, 15) is 0 Å². The van der Waals surface area contributed by atoms with Crippen molar-refractivity contribution in [2.45, 2.75) is 6.42 Å². The average molecular weight is 638 g/mol. The number of aromatic nitrogens is 3. The topological polar surface area (TPSA) is 30.7 Å². The van der Waals surface area contributed by atoms with Gasteiger partial charge in [-0.25, -0.2) is 9.97 Å². The molecule has 0 amide bonds. The molecule has 3 nitrogen and oxygen atoms in total. The van der Waals surface area contributed by atoms with E-state index in [4.69, 9.17) is 9.97 Å². The first-order valence-electron chi connectivity index (χ1n) is 17.1. The summed E-state index contributed by atoms with van der Waals surface area (Å²) in [6, 6.07) is 54.0. The van der Waals surface area contributed by atoms with E-state index in [0.717, 1.165) is 40.0 Å². The van der Waals surface area contributed by atoms with Gasteiger partial charge >= 0.3 is 0 Å². The molecule has 1 aliphatic rings. The van der Waals surface area contributed by atoms with Crippen molar-refractivity contribution in [3.05, 3.63) is 187 Å². The van der Waals surface area contributed by atoms with Crippen LogP contribution in [0.5, 0.6) is 0 Å². The van der Waals surface area contributed by atoms with Crippen LogP contribution in [0.3, 0.4) is 0 Å². The van der Waals surface area contributed by atoms with Crippen molar-refractivity contribution >= 4 is 65.5 Å². The Morgan fingerprint density at radius 2 is 1.10 bits per heavy atom. The van der Waals surface area contributed by atoms with Crippen molar-refractivity contribution in [1.82, 2.24) is 14.5 Å². The maximum atomic E-state index is 5.36. The molecular formula is C47H31N3. The van der Waals surface area contributed by atoms with Crippen LogP contribution in [0.15, 0.2) is 176 Å². The van der Waals surface area contributed by atoms with Crippen molar-refractivity contribution < 1.29 is 0 Å². The van der Waals surface area contributed by atoms with E-state index in [1.54, 1.807) is 0 Å². The highest BCUT2D eigenvalue weighted by atomic mass is 15.1. The Hall–Kier alpha value is -6.58. The zero-order chi connectivity index (χ0) is 33.0. The van der Waals surface area contributed by atoms with Gasteiger partial charge in [0, 0.05) is 32.8 Å². The molecule has 50 heavy (non-hydrogen) atoms. The van der Waals surface area contributed by atoms with E-state index in [1.165, 1.54) is 60.2 Å². The Kier molecular flexibility index (Phi) is 6.56. The number of imidazole rings is 1. The monoisotopic (exact) mass is 637 g/mol. The van der Waals surface area contributed by atoms with Gasteiger partial charge in [-0.05, 0) is 63.7 Å². The first-order valence-corrected chi connectivity index (χ1v) is 17.1. The lowest BCUT2D eigenvalue weighted by Gasteiger charge is -2.15. The van der Waals surface area contributed by atoms with Crippen LogP contribution in [-0.4, -0.2) is 14.5 Å². The number of benzene rings is 7. The first kappa shape index (κ1) is 28.4. The maximum Gasteiger partial charge on any atom is 0.141 e. The lowest BCUT2D eigenvalue weighted by atomic mass is 9.91. The zero-order valence-electron chi connectivity index (χ0n) is 27.3. The molecule has 7 aromatic carbocycles. The summed E-state index contributed by atoms with van der Waals surface area (Å²) in [7, 11) is 0. The molecule has 9 aromatic rings. The van der Waals surface area contributed by atoms with E-state index in [0.29, 0.717) is 0 Å². The van der Waals surface area contributed by atoms with E-state index < -0.39 is 0 Å². The van der Waals surface area contributed by atoms with Gasteiger partial charge in [0.1, 0.15) is 5.82 Å². The van der Waals surface area contributed by atoms with E-state index in [2.05, 4.69) is 181 Å². The van der Waals surface area contributed by atoms with Crippen LogP contribution in [0.2, 0.25) is 0 Å². The van der Waals surface area contributed by atoms with Crippen LogP contribution in [-0.2, 0) is 0 Å². The summed E-state index contributed by atoms with van der Waals surface area (Å²) < 4.78 is 2.28. The third-order valence-electron chi connectivity index (χ3n) is 10.0. The fourth-order valence-corrected chi connectivity index (χ4v) is 7.62. The smallest absolute Gasteiger partial charge is 0.141 e. The van der Waals surface area contributed by atoms with Crippen molar-refractivity contribution in [1.29, 1.82) is 0 Å². The van der Waals surface area contributed by atoms with Gasteiger partial charge in [0.2, 0.25) is 0 Å². The van der Waals surface area contributed by atoms with Crippen LogP contribution < -0.4 is 0 Å². The Morgan fingerprint density at radius 3 is 1.82 bits per heavy atom. The summed E-state index contributed by atoms with van der Waals surface area (Å²) >= 11 is 0. The summed E-state index contributed by atoms with van der Waals surface area (Å²) in [6.45, 7) is 0. The van der Waals surface area contributed by atoms with Crippen LogP contribution in [0.25, 0.3) is 82.3 Å². The Labute approximate surface area is 289 Å². The van der Waals surface area contributed by atoms with Gasteiger partial charge in [-0.15, -0.1) is 0 Å². The fraction of sp³-hybridized carbons (Fsp3) is 0.0213. The fourth-order valence-electron chi connectivity index (χ4n) is 7.62. The molecule has 0 atom stereocenters. The van der Waals surface area contributed by atoms with E-state index in [-0.39, 0.29) is 0 Å². The SMILES string of the molecule is C1=CC(c2ccc(-c3c4ccc5ccccc5c4nc4c3ccc3ccccc34)cc2)=CC=C(c2nc3ccccc3n2-c2ccccc2)C1. The van der Waals surface area contributed by atoms with Gasteiger partial charge in [0.05, 0.1) is 22.1 Å². The zero-order valence-corrected chi connectivity index (χ0v) is 27.3. The standard InChI is InChI=1S/C47H31N3/c1-2-15-37(16-3-1)50-43-20-9-8-19-42(43)48-47(50)36-14-10-13-31(23-26-36)32-21-24-35(25-22-32)44-40-29-27-33-11-4-6-17-38(33)45(40)49-46-39-18-7-5-12-34(39)28-30-41(44)46/h1-13,15-30H,14H2. The number of rotatable bonds is 4. The molecule has 0 spiro atoms. The minimum absolute atomic E-state index is 0.797. The Balaban J connectivity index is 1.09. The summed E-state index contributed by atoms with van der Waals surface area (Å²) in [5.41, 5.74) is 11.2. The third kappa shape index (κ3) is 4.59. The van der Waals surface area contributed by atoms with Crippen molar-refractivity contribution in [3.8, 4) is 16.8 Å². The highest BCUT2D eigenvalue weighted by Gasteiger charge is 2.18. The van der Waals surface area contributed by atoms with E-state index >= 15 is 0 Å². The quantitative estimate of drug-likeness (QED) is 0.142.